The van der Waals surface area contributed by atoms with E-state index in [0.29, 0.717) is 31.4 Å². The minimum absolute atomic E-state index is 0.0539. The number of nitrogens with zero attached hydrogens (tertiary/aromatic N) is 1. The van der Waals surface area contributed by atoms with E-state index in [9.17, 15) is 9.18 Å². The molecule has 0 radical (unpaired) electrons. The molecule has 2 saturated heterocycles. The Kier molecular flexibility index (Phi) is 3.33. The predicted molar refractivity (Wildman–Crippen MR) is 78.0 cm³/mol. The SMILES string of the molecule is O=C(N1CCC(Oc2cccc(F)c2)CC1)[C@@]12COC[C@@H]1C2. The first-order valence-corrected chi connectivity index (χ1v) is 7.97. The van der Waals surface area contributed by atoms with Crippen LogP contribution in [-0.4, -0.2) is 43.2 Å². The van der Waals surface area contributed by atoms with Crippen LogP contribution in [0.1, 0.15) is 19.3 Å². The Morgan fingerprint density at radius 2 is 2.18 bits per heavy atom. The number of halogens is 1. The van der Waals surface area contributed by atoms with Crippen LogP contribution >= 0.6 is 0 Å². The number of hydrogen-bond acceptors (Lipinski definition) is 3. The van der Waals surface area contributed by atoms with E-state index in [1.54, 1.807) is 12.1 Å². The van der Waals surface area contributed by atoms with Gasteiger partial charge in [-0.05, 0) is 18.6 Å². The van der Waals surface area contributed by atoms with Gasteiger partial charge in [-0.15, -0.1) is 0 Å². The number of hydrogen-bond donors (Lipinski definition) is 0. The molecule has 2 atom stereocenters. The van der Waals surface area contributed by atoms with Crippen molar-refractivity contribution in [2.24, 2.45) is 11.3 Å². The van der Waals surface area contributed by atoms with Crippen LogP contribution in [0.25, 0.3) is 0 Å². The van der Waals surface area contributed by atoms with Gasteiger partial charge in [-0.2, -0.15) is 0 Å². The van der Waals surface area contributed by atoms with Gasteiger partial charge in [0.2, 0.25) is 5.91 Å². The van der Waals surface area contributed by atoms with Crippen molar-refractivity contribution in [2.45, 2.75) is 25.4 Å². The average Bonchev–Trinajstić information content (AvgIpc) is 3.09. The highest BCUT2D eigenvalue weighted by Crippen LogP contribution is 2.58. The number of piperidine rings is 1. The fourth-order valence-electron chi connectivity index (χ4n) is 3.71. The normalized spacial score (nSPS) is 31.0. The number of carbonyl (C=O) groups is 1. The third-order valence-electron chi connectivity index (χ3n) is 5.16. The van der Waals surface area contributed by atoms with Gasteiger partial charge in [0.05, 0.1) is 18.6 Å². The summed E-state index contributed by atoms with van der Waals surface area (Å²) in [4.78, 5) is 14.6. The molecule has 0 N–H and O–H groups in total. The Morgan fingerprint density at radius 1 is 1.36 bits per heavy atom. The highest BCUT2D eigenvalue weighted by Gasteiger charge is 2.64. The van der Waals surface area contributed by atoms with E-state index in [2.05, 4.69) is 0 Å². The summed E-state index contributed by atoms with van der Waals surface area (Å²) in [6, 6.07) is 6.23. The predicted octanol–water partition coefficient (Wildman–Crippen LogP) is 2.23. The van der Waals surface area contributed by atoms with Crippen molar-refractivity contribution in [2.75, 3.05) is 26.3 Å². The Balaban J connectivity index is 1.32. The van der Waals surface area contributed by atoms with E-state index in [0.717, 1.165) is 25.9 Å². The monoisotopic (exact) mass is 305 g/mol. The Morgan fingerprint density at radius 3 is 2.82 bits per heavy atom. The number of amides is 1. The van der Waals surface area contributed by atoms with Crippen LogP contribution < -0.4 is 4.74 Å². The highest BCUT2D eigenvalue weighted by molar-refractivity contribution is 5.86. The molecular weight excluding hydrogens is 285 g/mol. The second kappa shape index (κ2) is 5.23. The quantitative estimate of drug-likeness (QED) is 0.859. The molecule has 0 bridgehead atoms. The van der Waals surface area contributed by atoms with Crippen molar-refractivity contribution >= 4 is 5.91 Å². The molecule has 0 unspecified atom stereocenters. The van der Waals surface area contributed by atoms with Gasteiger partial charge < -0.3 is 14.4 Å². The zero-order valence-corrected chi connectivity index (χ0v) is 12.5. The molecule has 3 aliphatic rings. The van der Waals surface area contributed by atoms with Crippen molar-refractivity contribution in [1.29, 1.82) is 0 Å². The minimum atomic E-state index is -0.287. The molecule has 1 saturated carbocycles. The van der Waals surface area contributed by atoms with E-state index in [4.69, 9.17) is 9.47 Å². The average molecular weight is 305 g/mol. The molecule has 1 aromatic rings. The maximum Gasteiger partial charge on any atom is 0.231 e. The van der Waals surface area contributed by atoms with Crippen LogP contribution in [0.4, 0.5) is 4.39 Å². The lowest BCUT2D eigenvalue weighted by molar-refractivity contribution is -0.139. The van der Waals surface area contributed by atoms with Gasteiger partial charge in [-0.3, -0.25) is 4.79 Å². The Bertz CT molecular complexity index is 585. The molecule has 22 heavy (non-hydrogen) atoms. The molecule has 118 valence electrons. The minimum Gasteiger partial charge on any atom is -0.490 e. The summed E-state index contributed by atoms with van der Waals surface area (Å²) in [6.07, 6.45) is 2.64. The molecule has 2 heterocycles. The molecule has 4 rings (SSSR count). The van der Waals surface area contributed by atoms with E-state index < -0.39 is 0 Å². The lowest BCUT2D eigenvalue weighted by atomic mass is 10.0. The molecule has 4 nitrogen and oxygen atoms in total. The number of fused-ring (bicyclic) bond motifs is 1. The zero-order chi connectivity index (χ0) is 15.2. The first-order valence-electron chi connectivity index (χ1n) is 7.97. The van der Waals surface area contributed by atoms with Crippen LogP contribution in [0, 0.1) is 17.2 Å². The van der Waals surface area contributed by atoms with Crippen molar-refractivity contribution in [3.8, 4) is 5.75 Å². The molecular formula is C17H20FNO3. The molecule has 1 aliphatic carbocycles. The molecule has 1 amide bonds. The van der Waals surface area contributed by atoms with Crippen molar-refractivity contribution in [3.05, 3.63) is 30.1 Å². The van der Waals surface area contributed by atoms with Crippen molar-refractivity contribution in [3.63, 3.8) is 0 Å². The third kappa shape index (κ3) is 2.37. The summed E-state index contributed by atoms with van der Waals surface area (Å²) >= 11 is 0. The summed E-state index contributed by atoms with van der Waals surface area (Å²) in [5.41, 5.74) is -0.198. The lowest BCUT2D eigenvalue weighted by Crippen LogP contribution is -2.45. The summed E-state index contributed by atoms with van der Waals surface area (Å²) in [6.45, 7) is 2.77. The second-order valence-electron chi connectivity index (χ2n) is 6.64. The van der Waals surface area contributed by atoms with Gasteiger partial charge in [0.25, 0.3) is 0 Å². The van der Waals surface area contributed by atoms with Crippen LogP contribution in [-0.2, 0) is 9.53 Å². The summed E-state index contributed by atoms with van der Waals surface area (Å²) in [7, 11) is 0. The number of rotatable bonds is 3. The smallest absolute Gasteiger partial charge is 0.231 e. The summed E-state index contributed by atoms with van der Waals surface area (Å²) in [5, 5.41) is 0. The van der Waals surface area contributed by atoms with E-state index in [1.807, 2.05) is 4.90 Å². The van der Waals surface area contributed by atoms with Crippen LogP contribution in [0.2, 0.25) is 0 Å². The van der Waals surface area contributed by atoms with E-state index >= 15 is 0 Å². The molecule has 0 aromatic heterocycles. The summed E-state index contributed by atoms with van der Waals surface area (Å²) < 4.78 is 24.4. The standard InChI is InChI=1S/C17H20FNO3/c18-13-2-1-3-15(8-13)22-14-4-6-19(7-5-14)16(20)17-9-12(17)10-21-11-17/h1-3,8,12,14H,4-7,9-11H2/t12-,17-/m0/s1. The number of benzene rings is 1. The summed E-state index contributed by atoms with van der Waals surface area (Å²) in [5.74, 6) is 0.987. The molecule has 1 aromatic carbocycles. The zero-order valence-electron chi connectivity index (χ0n) is 12.5. The van der Waals surface area contributed by atoms with Gasteiger partial charge in [0, 0.05) is 37.9 Å². The second-order valence-corrected chi connectivity index (χ2v) is 6.64. The van der Waals surface area contributed by atoms with Crippen LogP contribution in [0.15, 0.2) is 24.3 Å². The van der Waals surface area contributed by atoms with Gasteiger partial charge in [-0.1, -0.05) is 6.07 Å². The van der Waals surface area contributed by atoms with Crippen LogP contribution in [0.5, 0.6) is 5.75 Å². The Hall–Kier alpha value is -1.62. The topological polar surface area (TPSA) is 38.8 Å². The van der Waals surface area contributed by atoms with E-state index in [1.165, 1.54) is 12.1 Å². The van der Waals surface area contributed by atoms with Crippen LogP contribution in [0.3, 0.4) is 0 Å². The van der Waals surface area contributed by atoms with Gasteiger partial charge in [0.15, 0.2) is 0 Å². The molecule has 3 fully saturated rings. The Labute approximate surface area is 129 Å². The van der Waals surface area contributed by atoms with Gasteiger partial charge in [0.1, 0.15) is 17.7 Å². The van der Waals surface area contributed by atoms with Crippen molar-refractivity contribution < 1.29 is 18.7 Å². The fraction of sp³-hybridized carbons (Fsp3) is 0.588. The highest BCUT2D eigenvalue weighted by atomic mass is 19.1. The van der Waals surface area contributed by atoms with Gasteiger partial charge in [-0.25, -0.2) is 4.39 Å². The maximum absolute atomic E-state index is 13.2. The molecule has 5 heteroatoms. The number of carbonyl (C=O) groups excluding carboxylic acids is 1. The first-order chi connectivity index (χ1) is 10.7. The molecule has 0 spiro atoms. The maximum atomic E-state index is 13.2. The number of likely N-dealkylation sites (tertiary alicyclic amines) is 1. The van der Waals surface area contributed by atoms with Gasteiger partial charge >= 0.3 is 0 Å². The fourth-order valence-corrected chi connectivity index (χ4v) is 3.71. The van der Waals surface area contributed by atoms with E-state index in [-0.39, 0.29) is 23.2 Å². The third-order valence-corrected chi connectivity index (χ3v) is 5.16. The lowest BCUT2D eigenvalue weighted by Gasteiger charge is -2.34. The largest absolute Gasteiger partial charge is 0.490 e. The number of ether oxygens (including phenoxy) is 2. The molecule has 2 aliphatic heterocycles. The van der Waals surface area contributed by atoms with Crippen molar-refractivity contribution in [1.82, 2.24) is 4.90 Å². The first kappa shape index (κ1) is 14.0.